The maximum atomic E-state index is 13.5. The smallest absolute Gasteiger partial charge is 0.269 e. The van der Waals surface area contributed by atoms with E-state index < -0.39 is 0 Å². The lowest BCUT2D eigenvalue weighted by Crippen LogP contribution is -2.48. The standard InChI is InChI=1S/C24H29N9O/c1-30-10-12-32(13-11-30)19-9-5-6-17(14-19)24(34)29-33(18-7-3-4-8-18)23-21-22(31(2)16-26-21)27-20(15-25)28-23/h5-6,9,14,16,18H,3-4,7-8,10-13H2,1-2H3,(H,29,34). The molecule has 0 radical (unpaired) electrons. The molecule has 0 bridgehead atoms. The van der Waals surface area contributed by atoms with Crippen molar-refractivity contribution >= 4 is 28.6 Å². The zero-order valence-electron chi connectivity index (χ0n) is 19.6. The fourth-order valence-corrected chi connectivity index (χ4v) is 4.77. The third kappa shape index (κ3) is 4.26. The lowest BCUT2D eigenvalue weighted by atomic mass is 10.1. The van der Waals surface area contributed by atoms with Gasteiger partial charge < -0.3 is 14.4 Å². The first-order valence-electron chi connectivity index (χ1n) is 11.8. The van der Waals surface area contributed by atoms with Gasteiger partial charge in [0.2, 0.25) is 5.82 Å². The first-order valence-corrected chi connectivity index (χ1v) is 11.8. The number of imidazole rings is 1. The molecule has 3 heterocycles. The van der Waals surface area contributed by atoms with Crippen LogP contribution < -0.4 is 15.3 Å². The van der Waals surface area contributed by atoms with Crippen molar-refractivity contribution in [2.45, 2.75) is 31.7 Å². The third-order valence-corrected chi connectivity index (χ3v) is 6.76. The minimum absolute atomic E-state index is 0.0559. The van der Waals surface area contributed by atoms with Crippen molar-refractivity contribution in [1.82, 2.24) is 29.8 Å². The summed E-state index contributed by atoms with van der Waals surface area (Å²) < 4.78 is 1.76. The average Bonchev–Trinajstić information content (AvgIpc) is 3.53. The number of benzene rings is 1. The number of carbonyl (C=O) groups excluding carboxylic acids is 1. The number of hydrazine groups is 1. The Morgan fingerprint density at radius 3 is 2.65 bits per heavy atom. The molecule has 5 rings (SSSR count). The molecule has 1 saturated heterocycles. The van der Waals surface area contributed by atoms with Gasteiger partial charge in [-0.1, -0.05) is 18.9 Å². The van der Waals surface area contributed by atoms with Crippen LogP contribution in [-0.4, -0.2) is 69.6 Å². The molecular weight excluding hydrogens is 430 g/mol. The summed E-state index contributed by atoms with van der Waals surface area (Å²) in [5.41, 5.74) is 5.87. The summed E-state index contributed by atoms with van der Waals surface area (Å²) in [7, 11) is 3.96. The van der Waals surface area contributed by atoms with Crippen LogP contribution in [0.5, 0.6) is 0 Å². The normalized spacial score (nSPS) is 17.1. The number of rotatable bonds is 5. The van der Waals surface area contributed by atoms with E-state index in [1.54, 1.807) is 10.9 Å². The molecule has 1 aromatic carbocycles. The Kier molecular flexibility index (Phi) is 6.02. The van der Waals surface area contributed by atoms with Crippen molar-refractivity contribution < 1.29 is 4.79 Å². The summed E-state index contributed by atoms with van der Waals surface area (Å²) in [6.07, 6.45) is 5.68. The molecule has 10 nitrogen and oxygen atoms in total. The number of hydrogen-bond donors (Lipinski definition) is 1. The van der Waals surface area contributed by atoms with Gasteiger partial charge in [-0.15, -0.1) is 0 Å². The van der Waals surface area contributed by atoms with Crippen LogP contribution in [0.15, 0.2) is 30.6 Å². The summed E-state index contributed by atoms with van der Waals surface area (Å²) in [5, 5.41) is 11.3. The Bertz CT molecular complexity index is 1230. The van der Waals surface area contributed by atoms with E-state index >= 15 is 0 Å². The van der Waals surface area contributed by atoms with Gasteiger partial charge in [0.1, 0.15) is 6.07 Å². The highest BCUT2D eigenvalue weighted by Gasteiger charge is 2.29. The molecule has 1 aliphatic heterocycles. The van der Waals surface area contributed by atoms with Crippen LogP contribution in [0.3, 0.4) is 0 Å². The second-order valence-corrected chi connectivity index (χ2v) is 9.10. The molecule has 1 saturated carbocycles. The fraction of sp³-hybridized carbons (Fsp3) is 0.458. The number of likely N-dealkylation sites (N-methyl/N-ethyl adjacent to an activating group) is 1. The van der Waals surface area contributed by atoms with Crippen molar-refractivity contribution in [1.29, 1.82) is 5.26 Å². The van der Waals surface area contributed by atoms with E-state index in [1.165, 1.54) is 0 Å². The summed E-state index contributed by atoms with van der Waals surface area (Å²) in [5.74, 6) is 0.321. The highest BCUT2D eigenvalue weighted by molar-refractivity contribution is 5.97. The van der Waals surface area contributed by atoms with Crippen LogP contribution >= 0.6 is 0 Å². The van der Waals surface area contributed by atoms with E-state index in [0.717, 1.165) is 57.5 Å². The Morgan fingerprint density at radius 2 is 1.91 bits per heavy atom. The van der Waals surface area contributed by atoms with Gasteiger partial charge in [0.25, 0.3) is 5.91 Å². The molecular formula is C24H29N9O. The van der Waals surface area contributed by atoms with Crippen molar-refractivity contribution in [3.05, 3.63) is 42.0 Å². The average molecular weight is 460 g/mol. The first kappa shape index (κ1) is 22.1. The molecule has 0 unspecified atom stereocenters. The van der Waals surface area contributed by atoms with Crippen molar-refractivity contribution in [2.24, 2.45) is 7.05 Å². The van der Waals surface area contributed by atoms with Crippen molar-refractivity contribution in [3.8, 4) is 6.07 Å². The minimum atomic E-state index is -0.205. The Balaban J connectivity index is 1.46. The van der Waals surface area contributed by atoms with Gasteiger partial charge in [0.15, 0.2) is 17.0 Å². The number of fused-ring (bicyclic) bond motifs is 1. The van der Waals surface area contributed by atoms with Gasteiger partial charge in [-0.3, -0.25) is 15.2 Å². The molecule has 2 aliphatic rings. The van der Waals surface area contributed by atoms with Gasteiger partial charge in [-0.2, -0.15) is 15.2 Å². The number of piperazine rings is 1. The van der Waals surface area contributed by atoms with E-state index in [-0.39, 0.29) is 17.8 Å². The van der Waals surface area contributed by atoms with Gasteiger partial charge in [-0.25, -0.2) is 4.98 Å². The van der Waals surface area contributed by atoms with Gasteiger partial charge in [0, 0.05) is 44.5 Å². The van der Waals surface area contributed by atoms with E-state index in [1.807, 2.05) is 36.3 Å². The van der Waals surface area contributed by atoms with E-state index in [0.29, 0.717) is 22.5 Å². The predicted octanol–water partition coefficient (Wildman–Crippen LogP) is 2.08. The third-order valence-electron chi connectivity index (χ3n) is 6.76. The number of carbonyl (C=O) groups is 1. The van der Waals surface area contributed by atoms with Gasteiger partial charge >= 0.3 is 0 Å². The zero-order valence-corrected chi connectivity index (χ0v) is 19.6. The number of anilines is 2. The number of aromatic nitrogens is 4. The van der Waals surface area contributed by atoms with Gasteiger partial charge in [0.05, 0.1) is 12.4 Å². The lowest BCUT2D eigenvalue weighted by Gasteiger charge is -2.34. The summed E-state index contributed by atoms with van der Waals surface area (Å²) in [6, 6.07) is 9.89. The fourth-order valence-electron chi connectivity index (χ4n) is 4.77. The molecule has 176 valence electrons. The molecule has 10 heteroatoms. The number of amides is 1. The molecule has 3 aromatic rings. The van der Waals surface area contributed by atoms with Crippen molar-refractivity contribution in [2.75, 3.05) is 43.1 Å². The molecule has 0 spiro atoms. The maximum Gasteiger partial charge on any atom is 0.269 e. The second kappa shape index (κ2) is 9.27. The molecule has 2 aromatic heterocycles. The molecule has 2 fully saturated rings. The first-order chi connectivity index (χ1) is 16.5. The Hall–Kier alpha value is -3.71. The minimum Gasteiger partial charge on any atom is -0.369 e. The summed E-state index contributed by atoms with van der Waals surface area (Å²) in [6.45, 7) is 3.87. The molecule has 1 amide bonds. The van der Waals surface area contributed by atoms with E-state index in [2.05, 4.69) is 43.3 Å². The van der Waals surface area contributed by atoms with Crippen LogP contribution in [0.25, 0.3) is 11.2 Å². The van der Waals surface area contributed by atoms with Crippen LogP contribution in [0.4, 0.5) is 11.5 Å². The van der Waals surface area contributed by atoms with Crippen LogP contribution in [0, 0.1) is 11.3 Å². The lowest BCUT2D eigenvalue weighted by molar-refractivity contribution is 0.0944. The van der Waals surface area contributed by atoms with Gasteiger partial charge in [-0.05, 0) is 38.1 Å². The van der Waals surface area contributed by atoms with E-state index in [4.69, 9.17) is 0 Å². The van der Waals surface area contributed by atoms with Crippen LogP contribution in [-0.2, 0) is 7.05 Å². The number of nitrogens with zero attached hydrogens (tertiary/aromatic N) is 8. The topological polar surface area (TPSA) is 106 Å². The SMILES string of the molecule is CN1CCN(c2cccc(C(=O)NN(c3nc(C#N)nc4c3ncn4C)C3CCCC3)c2)CC1. The number of nitriles is 1. The molecule has 34 heavy (non-hydrogen) atoms. The van der Waals surface area contributed by atoms with E-state index in [9.17, 15) is 10.1 Å². The highest BCUT2D eigenvalue weighted by atomic mass is 16.2. The molecule has 1 N–H and O–H groups in total. The highest BCUT2D eigenvalue weighted by Crippen LogP contribution is 2.30. The zero-order chi connectivity index (χ0) is 23.7. The van der Waals surface area contributed by atoms with Crippen LogP contribution in [0.1, 0.15) is 41.9 Å². The number of hydrogen-bond acceptors (Lipinski definition) is 8. The summed E-state index contributed by atoms with van der Waals surface area (Å²) >= 11 is 0. The number of aryl methyl sites for hydroxylation is 1. The molecule has 1 aliphatic carbocycles. The largest absolute Gasteiger partial charge is 0.369 e. The quantitative estimate of drug-likeness (QED) is 0.578. The maximum absolute atomic E-state index is 13.5. The van der Waals surface area contributed by atoms with Crippen molar-refractivity contribution in [3.63, 3.8) is 0 Å². The molecule has 0 atom stereocenters. The summed E-state index contributed by atoms with van der Waals surface area (Å²) in [4.78, 5) is 31.3. The second-order valence-electron chi connectivity index (χ2n) is 9.10. The predicted molar refractivity (Wildman–Crippen MR) is 129 cm³/mol. The Morgan fingerprint density at radius 1 is 1.15 bits per heavy atom. The monoisotopic (exact) mass is 459 g/mol. The van der Waals surface area contributed by atoms with Crippen LogP contribution in [0.2, 0.25) is 0 Å². The Labute approximate surface area is 198 Å². The number of nitrogens with one attached hydrogen (secondary N) is 1.